The molecule has 1 amide bonds. The van der Waals surface area contributed by atoms with Crippen molar-refractivity contribution in [3.05, 3.63) is 73.6 Å². The number of hydrogen-bond donors (Lipinski definition) is 2. The lowest BCUT2D eigenvalue weighted by atomic mass is 10.1. The van der Waals surface area contributed by atoms with Gasteiger partial charge in [0.15, 0.2) is 0 Å². The smallest absolute Gasteiger partial charge is 0.322 e. The highest BCUT2D eigenvalue weighted by molar-refractivity contribution is 9.10. The Kier molecular flexibility index (Phi) is 5.03. The molecule has 1 unspecified atom stereocenters. The molecule has 1 aromatic heterocycles. The van der Waals surface area contributed by atoms with Crippen molar-refractivity contribution in [2.24, 2.45) is 0 Å². The van der Waals surface area contributed by atoms with Gasteiger partial charge in [0.2, 0.25) is 5.91 Å². The van der Waals surface area contributed by atoms with Crippen LogP contribution in [0.15, 0.2) is 56.5 Å². The van der Waals surface area contributed by atoms with E-state index in [9.17, 15) is 18.8 Å². The van der Waals surface area contributed by atoms with Gasteiger partial charge < -0.3 is 10.3 Å². The maximum absolute atomic E-state index is 14.0. The second-order valence-electron chi connectivity index (χ2n) is 5.69. The fourth-order valence-corrected chi connectivity index (χ4v) is 3.08. The van der Waals surface area contributed by atoms with Gasteiger partial charge in [0.1, 0.15) is 11.9 Å². The van der Waals surface area contributed by atoms with E-state index < -0.39 is 29.0 Å². The summed E-state index contributed by atoms with van der Waals surface area (Å²) in [5.41, 5.74) is -0.885. The van der Waals surface area contributed by atoms with Crippen LogP contribution in [0.2, 0.25) is 0 Å². The molecule has 26 heavy (non-hydrogen) atoms. The van der Waals surface area contributed by atoms with Crippen LogP contribution >= 0.6 is 15.9 Å². The van der Waals surface area contributed by atoms with Crippen LogP contribution in [0.3, 0.4) is 0 Å². The molecule has 1 heterocycles. The molecule has 6 nitrogen and oxygen atoms in total. The van der Waals surface area contributed by atoms with Gasteiger partial charge >= 0.3 is 5.69 Å². The summed E-state index contributed by atoms with van der Waals surface area (Å²) in [7, 11) is 0. The first-order valence-corrected chi connectivity index (χ1v) is 8.71. The van der Waals surface area contributed by atoms with E-state index in [1.807, 2.05) is 0 Å². The number of carbonyl (C=O) groups excluding carboxylic acids is 1. The van der Waals surface area contributed by atoms with E-state index in [1.54, 1.807) is 37.3 Å². The topological polar surface area (TPSA) is 84.0 Å². The van der Waals surface area contributed by atoms with Crippen molar-refractivity contribution in [1.29, 1.82) is 0 Å². The Morgan fingerprint density at radius 1 is 1.27 bits per heavy atom. The second-order valence-corrected chi connectivity index (χ2v) is 6.60. The Bertz CT molecular complexity index is 1110. The van der Waals surface area contributed by atoms with Crippen molar-refractivity contribution in [1.82, 2.24) is 9.55 Å². The Morgan fingerprint density at radius 2 is 2.00 bits per heavy atom. The van der Waals surface area contributed by atoms with Gasteiger partial charge in [0.25, 0.3) is 5.56 Å². The standard InChI is InChI=1S/C18H15BrFN3O3/c1-2-15(16(24)21-14-8-7-10(19)9-12(14)20)23-17(25)11-5-3-4-6-13(11)22-18(23)26/h3-9,15H,2H2,1H3,(H,21,24)(H,22,26). The molecule has 134 valence electrons. The van der Waals surface area contributed by atoms with E-state index in [-0.39, 0.29) is 12.1 Å². The van der Waals surface area contributed by atoms with Crippen LogP contribution in [-0.2, 0) is 4.79 Å². The fraction of sp³-hybridized carbons (Fsp3) is 0.167. The first-order valence-electron chi connectivity index (χ1n) is 7.92. The van der Waals surface area contributed by atoms with Crippen LogP contribution in [0.5, 0.6) is 0 Å². The number of para-hydroxylation sites is 1. The highest BCUT2D eigenvalue weighted by Gasteiger charge is 2.24. The van der Waals surface area contributed by atoms with Crippen molar-refractivity contribution in [2.75, 3.05) is 5.32 Å². The summed E-state index contributed by atoms with van der Waals surface area (Å²) in [6.07, 6.45) is 0.186. The van der Waals surface area contributed by atoms with E-state index in [0.29, 0.717) is 15.4 Å². The van der Waals surface area contributed by atoms with Gasteiger partial charge in [-0.25, -0.2) is 13.8 Å². The quantitative estimate of drug-likeness (QED) is 0.680. The summed E-state index contributed by atoms with van der Waals surface area (Å²) in [5.74, 6) is -1.26. The van der Waals surface area contributed by atoms with Gasteiger partial charge in [-0.2, -0.15) is 0 Å². The minimum absolute atomic E-state index is 0.0260. The third kappa shape index (κ3) is 3.32. The molecule has 0 saturated carbocycles. The highest BCUT2D eigenvalue weighted by Crippen LogP contribution is 2.21. The molecule has 0 aliphatic heterocycles. The number of aromatic nitrogens is 2. The number of carbonyl (C=O) groups is 1. The number of rotatable bonds is 4. The number of nitrogens with one attached hydrogen (secondary N) is 2. The average molecular weight is 420 g/mol. The molecule has 2 N–H and O–H groups in total. The van der Waals surface area contributed by atoms with Crippen molar-refractivity contribution in [2.45, 2.75) is 19.4 Å². The van der Waals surface area contributed by atoms with Crippen molar-refractivity contribution in [3.8, 4) is 0 Å². The van der Waals surface area contributed by atoms with Crippen LogP contribution in [-0.4, -0.2) is 15.5 Å². The first kappa shape index (κ1) is 18.1. The van der Waals surface area contributed by atoms with E-state index in [0.717, 1.165) is 4.57 Å². The van der Waals surface area contributed by atoms with Crippen molar-refractivity contribution in [3.63, 3.8) is 0 Å². The molecular weight excluding hydrogens is 405 g/mol. The monoisotopic (exact) mass is 419 g/mol. The second kappa shape index (κ2) is 7.25. The molecule has 2 aromatic carbocycles. The number of amides is 1. The fourth-order valence-electron chi connectivity index (χ4n) is 2.75. The number of anilines is 1. The molecule has 0 bridgehead atoms. The zero-order valence-electron chi connectivity index (χ0n) is 13.8. The first-order chi connectivity index (χ1) is 12.4. The number of hydrogen-bond acceptors (Lipinski definition) is 3. The number of H-pyrrole nitrogens is 1. The minimum atomic E-state index is -1.07. The van der Waals surface area contributed by atoms with Crippen LogP contribution in [0.4, 0.5) is 10.1 Å². The Morgan fingerprint density at radius 3 is 2.69 bits per heavy atom. The molecule has 0 spiro atoms. The van der Waals surface area contributed by atoms with Crippen molar-refractivity contribution >= 4 is 38.4 Å². The largest absolute Gasteiger partial charge is 0.329 e. The lowest BCUT2D eigenvalue weighted by Gasteiger charge is -2.17. The maximum atomic E-state index is 14.0. The average Bonchev–Trinajstić information content (AvgIpc) is 2.61. The van der Waals surface area contributed by atoms with E-state index in [1.165, 1.54) is 12.1 Å². The lowest BCUT2D eigenvalue weighted by molar-refractivity contribution is -0.119. The molecule has 3 rings (SSSR count). The lowest BCUT2D eigenvalue weighted by Crippen LogP contribution is -2.42. The zero-order valence-corrected chi connectivity index (χ0v) is 15.3. The van der Waals surface area contributed by atoms with Crippen LogP contribution in [0, 0.1) is 5.82 Å². The predicted octanol–water partition coefficient (Wildman–Crippen LogP) is 3.18. The van der Waals surface area contributed by atoms with Gasteiger partial charge in [-0.05, 0) is 36.8 Å². The zero-order chi connectivity index (χ0) is 18.8. The number of nitrogens with zero attached hydrogens (tertiary/aromatic N) is 1. The van der Waals surface area contributed by atoms with Gasteiger partial charge in [-0.15, -0.1) is 0 Å². The summed E-state index contributed by atoms with van der Waals surface area (Å²) in [6, 6.07) is 9.67. The number of benzene rings is 2. The predicted molar refractivity (Wildman–Crippen MR) is 101 cm³/mol. The van der Waals surface area contributed by atoms with Crippen molar-refractivity contribution < 1.29 is 9.18 Å². The van der Waals surface area contributed by atoms with Crippen LogP contribution in [0.1, 0.15) is 19.4 Å². The summed E-state index contributed by atoms with van der Waals surface area (Å²) >= 11 is 3.14. The van der Waals surface area contributed by atoms with Crippen LogP contribution in [0.25, 0.3) is 10.9 Å². The molecular formula is C18H15BrFN3O3. The molecule has 0 saturated heterocycles. The normalized spacial score (nSPS) is 12.1. The number of halogens is 2. The Hall–Kier alpha value is -2.74. The summed E-state index contributed by atoms with van der Waals surface area (Å²) in [4.78, 5) is 40.3. The summed E-state index contributed by atoms with van der Waals surface area (Å²) < 4.78 is 15.4. The van der Waals surface area contributed by atoms with E-state index in [2.05, 4.69) is 26.2 Å². The molecule has 0 fully saturated rings. The molecule has 3 aromatic rings. The van der Waals surface area contributed by atoms with E-state index >= 15 is 0 Å². The van der Waals surface area contributed by atoms with Gasteiger partial charge in [-0.3, -0.25) is 9.59 Å². The van der Waals surface area contributed by atoms with Crippen LogP contribution < -0.4 is 16.6 Å². The summed E-state index contributed by atoms with van der Waals surface area (Å²) in [5, 5.41) is 2.74. The molecule has 0 radical (unpaired) electrons. The third-order valence-corrected chi connectivity index (χ3v) is 4.52. The van der Waals surface area contributed by atoms with E-state index in [4.69, 9.17) is 0 Å². The Balaban J connectivity index is 2.03. The SMILES string of the molecule is CCC(C(=O)Nc1ccc(Br)cc1F)n1c(=O)[nH]c2ccccc2c1=O. The van der Waals surface area contributed by atoms with Gasteiger partial charge in [0.05, 0.1) is 16.6 Å². The number of fused-ring (bicyclic) bond motifs is 1. The molecule has 8 heteroatoms. The third-order valence-electron chi connectivity index (χ3n) is 4.03. The molecule has 0 aliphatic carbocycles. The minimum Gasteiger partial charge on any atom is -0.322 e. The maximum Gasteiger partial charge on any atom is 0.329 e. The van der Waals surface area contributed by atoms with Gasteiger partial charge in [-0.1, -0.05) is 35.0 Å². The molecule has 0 aliphatic rings. The van der Waals surface area contributed by atoms with Gasteiger partial charge in [0, 0.05) is 4.47 Å². The number of aromatic amines is 1. The summed E-state index contributed by atoms with van der Waals surface area (Å²) in [6.45, 7) is 1.67. The molecule has 1 atom stereocenters. The Labute approximate surface area is 155 Å². The highest BCUT2D eigenvalue weighted by atomic mass is 79.9.